The van der Waals surface area contributed by atoms with Crippen LogP contribution in [-0.2, 0) is 16.6 Å². The van der Waals surface area contributed by atoms with Gasteiger partial charge in [-0.2, -0.15) is 4.31 Å². The summed E-state index contributed by atoms with van der Waals surface area (Å²) < 4.78 is 32.7. The maximum Gasteiger partial charge on any atom is 0.293 e. The molecule has 0 N–H and O–H groups in total. The third kappa shape index (κ3) is 5.25. The first-order valence-corrected chi connectivity index (χ1v) is 9.71. The van der Waals surface area contributed by atoms with Crippen LogP contribution in [0.25, 0.3) is 0 Å². The van der Waals surface area contributed by atoms with Crippen LogP contribution in [0.3, 0.4) is 0 Å². The minimum atomic E-state index is -4.09. The number of likely N-dealkylation sites (N-methyl/N-ethyl adjacent to an activating group) is 1. The number of nitro benzene ring substituents is 1. The monoisotopic (exact) mass is 393 g/mol. The zero-order chi connectivity index (χ0) is 20.0. The van der Waals surface area contributed by atoms with Gasteiger partial charge in [0, 0.05) is 19.6 Å². The number of ether oxygens (including phenoxy) is 1. The molecule has 0 unspecified atom stereocenters. The summed E-state index contributed by atoms with van der Waals surface area (Å²) in [5.41, 5.74) is 0.299. The number of hydrogen-bond donors (Lipinski definition) is 0. The number of nitrogens with zero attached hydrogens (tertiary/aromatic N) is 3. The van der Waals surface area contributed by atoms with Crippen molar-refractivity contribution in [2.24, 2.45) is 0 Å². The van der Waals surface area contributed by atoms with Crippen LogP contribution in [0.4, 0.5) is 5.69 Å². The van der Waals surface area contributed by atoms with Crippen molar-refractivity contribution >= 4 is 15.7 Å². The van der Waals surface area contributed by atoms with Crippen LogP contribution in [-0.4, -0.2) is 56.8 Å². The minimum absolute atomic E-state index is 0.125. The van der Waals surface area contributed by atoms with Crippen molar-refractivity contribution in [3.8, 4) is 5.75 Å². The summed E-state index contributed by atoms with van der Waals surface area (Å²) in [6.07, 6.45) is 0. The van der Waals surface area contributed by atoms with Crippen LogP contribution in [0.2, 0.25) is 0 Å². The Kier molecular flexibility index (Phi) is 6.89. The van der Waals surface area contributed by atoms with Gasteiger partial charge >= 0.3 is 0 Å². The molecule has 0 atom stereocenters. The predicted molar refractivity (Wildman–Crippen MR) is 102 cm³/mol. The summed E-state index contributed by atoms with van der Waals surface area (Å²) in [6, 6.07) is 12.9. The highest BCUT2D eigenvalue weighted by molar-refractivity contribution is 7.89. The molecule has 2 aromatic rings. The highest BCUT2D eigenvalue weighted by atomic mass is 32.2. The fourth-order valence-corrected chi connectivity index (χ4v) is 4.06. The second kappa shape index (κ2) is 8.94. The molecule has 0 amide bonds. The lowest BCUT2D eigenvalue weighted by Crippen LogP contribution is -2.36. The molecule has 2 aromatic carbocycles. The summed E-state index contributed by atoms with van der Waals surface area (Å²) in [7, 11) is 0.954. The second-order valence-electron chi connectivity index (χ2n) is 6.22. The standard InChI is InChI=1S/C18H23N3O5S/c1-19(2)11-12-20(14-15-7-5-4-6-8-15)27(24,25)18-10-9-16(26-3)13-17(18)21(22)23/h4-10,13H,11-12,14H2,1-3H3. The normalized spacial score (nSPS) is 11.7. The van der Waals surface area contributed by atoms with Crippen LogP contribution >= 0.6 is 0 Å². The highest BCUT2D eigenvalue weighted by Gasteiger charge is 2.32. The third-order valence-corrected chi connectivity index (χ3v) is 5.87. The van der Waals surface area contributed by atoms with Gasteiger partial charge in [0.1, 0.15) is 5.75 Å². The minimum Gasteiger partial charge on any atom is -0.497 e. The van der Waals surface area contributed by atoms with Gasteiger partial charge in [-0.25, -0.2) is 8.42 Å². The summed E-state index contributed by atoms with van der Waals surface area (Å²) >= 11 is 0. The van der Waals surface area contributed by atoms with E-state index in [1.54, 1.807) is 0 Å². The fourth-order valence-electron chi connectivity index (χ4n) is 2.51. The van der Waals surface area contributed by atoms with E-state index in [0.29, 0.717) is 6.54 Å². The molecule has 0 heterocycles. The molecule has 0 aliphatic rings. The SMILES string of the molecule is COc1ccc(S(=O)(=O)N(CCN(C)C)Cc2ccccc2)c([N+](=O)[O-])c1. The molecule has 146 valence electrons. The number of benzene rings is 2. The number of rotatable bonds is 9. The van der Waals surface area contributed by atoms with Crippen molar-refractivity contribution in [2.45, 2.75) is 11.4 Å². The smallest absolute Gasteiger partial charge is 0.293 e. The van der Waals surface area contributed by atoms with Crippen LogP contribution in [0.15, 0.2) is 53.4 Å². The van der Waals surface area contributed by atoms with Gasteiger partial charge < -0.3 is 9.64 Å². The topological polar surface area (TPSA) is 93.0 Å². The first-order valence-electron chi connectivity index (χ1n) is 8.27. The molecule has 0 aliphatic carbocycles. The van der Waals surface area contributed by atoms with Crippen molar-refractivity contribution in [3.05, 3.63) is 64.2 Å². The Morgan fingerprint density at radius 2 is 1.74 bits per heavy atom. The van der Waals surface area contributed by atoms with Crippen LogP contribution < -0.4 is 4.74 Å². The van der Waals surface area contributed by atoms with Gasteiger partial charge in [-0.05, 0) is 31.8 Å². The van der Waals surface area contributed by atoms with Gasteiger partial charge in [0.25, 0.3) is 5.69 Å². The number of nitro groups is 1. The van der Waals surface area contributed by atoms with Crippen LogP contribution in [0.5, 0.6) is 5.75 Å². The Morgan fingerprint density at radius 3 is 2.30 bits per heavy atom. The van der Waals surface area contributed by atoms with E-state index >= 15 is 0 Å². The van der Waals surface area contributed by atoms with Crippen molar-refractivity contribution in [1.82, 2.24) is 9.21 Å². The van der Waals surface area contributed by atoms with E-state index < -0.39 is 20.6 Å². The van der Waals surface area contributed by atoms with Gasteiger partial charge in [0.15, 0.2) is 4.90 Å². The lowest BCUT2D eigenvalue weighted by atomic mass is 10.2. The fraction of sp³-hybridized carbons (Fsp3) is 0.333. The second-order valence-corrected chi connectivity index (χ2v) is 8.12. The summed E-state index contributed by atoms with van der Waals surface area (Å²) in [5, 5.41) is 11.4. The molecule has 0 bridgehead atoms. The molecule has 27 heavy (non-hydrogen) atoms. The Labute approximate surface area is 159 Å². The van der Waals surface area contributed by atoms with Gasteiger partial charge in [-0.15, -0.1) is 0 Å². The van der Waals surface area contributed by atoms with E-state index in [1.807, 2.05) is 49.3 Å². The molecule has 0 saturated heterocycles. The number of methoxy groups -OCH3 is 1. The Bertz CT molecular complexity index is 885. The van der Waals surface area contributed by atoms with E-state index in [4.69, 9.17) is 4.74 Å². The molecule has 0 saturated carbocycles. The molecule has 0 fully saturated rings. The molecule has 0 aliphatic heterocycles. The van der Waals surface area contributed by atoms with Gasteiger partial charge in [-0.1, -0.05) is 30.3 Å². The molecule has 0 aromatic heterocycles. The first kappa shape index (κ1) is 20.8. The quantitative estimate of drug-likeness (QED) is 0.480. The van der Waals surface area contributed by atoms with Gasteiger partial charge in [0.2, 0.25) is 10.0 Å². The lowest BCUT2D eigenvalue weighted by molar-refractivity contribution is -0.387. The third-order valence-electron chi connectivity index (χ3n) is 3.98. The summed E-state index contributed by atoms with van der Waals surface area (Å²) in [4.78, 5) is 12.2. The largest absolute Gasteiger partial charge is 0.497 e. The maximum atomic E-state index is 13.2. The van der Waals surface area contributed by atoms with Gasteiger partial charge in [0.05, 0.1) is 18.1 Å². The first-order chi connectivity index (χ1) is 12.8. The highest BCUT2D eigenvalue weighted by Crippen LogP contribution is 2.31. The van der Waals surface area contributed by atoms with E-state index in [1.165, 1.54) is 23.5 Å². The Hall–Kier alpha value is -2.49. The Balaban J connectivity index is 2.47. The predicted octanol–water partition coefficient (Wildman–Crippen LogP) is 2.36. The maximum absolute atomic E-state index is 13.2. The summed E-state index contributed by atoms with van der Waals surface area (Å²) in [5.74, 6) is 0.226. The Morgan fingerprint density at radius 1 is 1.07 bits per heavy atom. The average molecular weight is 393 g/mol. The van der Waals surface area contributed by atoms with Crippen LogP contribution in [0.1, 0.15) is 5.56 Å². The van der Waals surface area contributed by atoms with E-state index in [9.17, 15) is 18.5 Å². The van der Waals surface area contributed by atoms with Crippen LogP contribution in [0, 0.1) is 10.1 Å². The van der Waals surface area contributed by atoms with E-state index in [-0.39, 0.29) is 23.7 Å². The number of sulfonamides is 1. The molecule has 0 radical (unpaired) electrons. The van der Waals surface area contributed by atoms with Crippen molar-refractivity contribution < 1.29 is 18.1 Å². The van der Waals surface area contributed by atoms with Crippen molar-refractivity contribution in [2.75, 3.05) is 34.3 Å². The lowest BCUT2D eigenvalue weighted by Gasteiger charge is -2.24. The van der Waals surface area contributed by atoms with E-state index in [2.05, 4.69) is 0 Å². The van der Waals surface area contributed by atoms with E-state index in [0.717, 1.165) is 11.6 Å². The molecule has 0 spiro atoms. The zero-order valence-electron chi connectivity index (χ0n) is 15.5. The average Bonchev–Trinajstić information content (AvgIpc) is 2.65. The zero-order valence-corrected chi connectivity index (χ0v) is 16.3. The number of hydrogen-bond acceptors (Lipinski definition) is 6. The van der Waals surface area contributed by atoms with Crippen molar-refractivity contribution in [3.63, 3.8) is 0 Å². The molecule has 9 heteroatoms. The molecule has 2 rings (SSSR count). The molecule has 8 nitrogen and oxygen atoms in total. The molecular weight excluding hydrogens is 370 g/mol. The molecular formula is C18H23N3O5S. The summed E-state index contributed by atoms with van der Waals surface area (Å²) in [6.45, 7) is 0.809. The van der Waals surface area contributed by atoms with Gasteiger partial charge in [-0.3, -0.25) is 10.1 Å². The van der Waals surface area contributed by atoms with Crippen molar-refractivity contribution in [1.29, 1.82) is 0 Å².